The van der Waals surface area contributed by atoms with Crippen LogP contribution in [-0.4, -0.2) is 24.3 Å². The molecule has 1 aliphatic heterocycles. The number of halogens is 1. The molecule has 6 nitrogen and oxygen atoms in total. The van der Waals surface area contributed by atoms with E-state index >= 15 is 0 Å². The summed E-state index contributed by atoms with van der Waals surface area (Å²) in [6.07, 6.45) is 0. The summed E-state index contributed by atoms with van der Waals surface area (Å²) in [5.41, 5.74) is 1.65. The second-order valence-corrected chi connectivity index (χ2v) is 6.45. The van der Waals surface area contributed by atoms with Crippen LogP contribution >= 0.6 is 15.9 Å². The van der Waals surface area contributed by atoms with Gasteiger partial charge in [0.15, 0.2) is 17.3 Å². The fourth-order valence-corrected chi connectivity index (χ4v) is 2.82. The molecule has 1 amide bonds. The first kappa shape index (κ1) is 15.9. The maximum absolute atomic E-state index is 12.6. The van der Waals surface area contributed by atoms with Crippen molar-refractivity contribution in [1.29, 1.82) is 0 Å². The zero-order valence-corrected chi connectivity index (χ0v) is 14.7. The molecular formula is C16H17BrN2O4. The Morgan fingerprint density at radius 1 is 1.26 bits per heavy atom. The molecule has 0 saturated carbocycles. The van der Waals surface area contributed by atoms with E-state index in [1.54, 1.807) is 19.1 Å². The molecule has 0 radical (unpaired) electrons. The van der Waals surface area contributed by atoms with Crippen molar-refractivity contribution in [1.82, 2.24) is 5.16 Å². The van der Waals surface area contributed by atoms with Gasteiger partial charge in [0.2, 0.25) is 0 Å². The molecule has 2 heterocycles. The highest BCUT2D eigenvalue weighted by Gasteiger charge is 2.24. The number of carbonyl (C=O) groups is 1. The standard InChI is InChI=1S/C16H17BrN2O4/c1-8(2)15-14(9(3)19-23-15)16(20)18-11-7-13-12(6-10(11)17)21-4-5-22-13/h6-8H,4-5H2,1-3H3,(H,18,20). The predicted octanol–water partition coefficient (Wildman–Crippen LogP) is 3.89. The van der Waals surface area contributed by atoms with Gasteiger partial charge in [0.25, 0.3) is 5.91 Å². The van der Waals surface area contributed by atoms with Gasteiger partial charge >= 0.3 is 0 Å². The maximum atomic E-state index is 12.6. The van der Waals surface area contributed by atoms with E-state index in [1.807, 2.05) is 13.8 Å². The van der Waals surface area contributed by atoms with Crippen molar-refractivity contribution in [2.24, 2.45) is 0 Å². The van der Waals surface area contributed by atoms with Crippen LogP contribution in [0.2, 0.25) is 0 Å². The maximum Gasteiger partial charge on any atom is 0.261 e. The van der Waals surface area contributed by atoms with E-state index in [1.165, 1.54) is 0 Å². The van der Waals surface area contributed by atoms with Gasteiger partial charge in [-0.2, -0.15) is 0 Å². The number of ether oxygens (including phenoxy) is 2. The minimum atomic E-state index is -0.259. The summed E-state index contributed by atoms with van der Waals surface area (Å²) in [7, 11) is 0. The predicted molar refractivity (Wildman–Crippen MR) is 88.4 cm³/mol. The number of aryl methyl sites for hydroxylation is 1. The minimum Gasteiger partial charge on any atom is -0.486 e. The Kier molecular flexibility index (Phi) is 4.30. The Hall–Kier alpha value is -2.02. The molecule has 0 saturated heterocycles. The lowest BCUT2D eigenvalue weighted by Crippen LogP contribution is -2.17. The van der Waals surface area contributed by atoms with E-state index in [9.17, 15) is 4.79 Å². The van der Waals surface area contributed by atoms with Gasteiger partial charge in [0, 0.05) is 22.5 Å². The molecule has 0 aliphatic carbocycles. The molecular weight excluding hydrogens is 364 g/mol. The molecule has 0 spiro atoms. The van der Waals surface area contributed by atoms with E-state index < -0.39 is 0 Å². The van der Waals surface area contributed by atoms with Crippen molar-refractivity contribution in [2.45, 2.75) is 26.7 Å². The molecule has 0 bridgehead atoms. The summed E-state index contributed by atoms with van der Waals surface area (Å²) in [6.45, 7) is 6.67. The molecule has 0 fully saturated rings. The van der Waals surface area contributed by atoms with Crippen molar-refractivity contribution in [3.8, 4) is 11.5 Å². The molecule has 3 rings (SSSR count). The zero-order valence-electron chi connectivity index (χ0n) is 13.1. The topological polar surface area (TPSA) is 73.6 Å². The van der Waals surface area contributed by atoms with Gasteiger partial charge in [0.1, 0.15) is 18.8 Å². The van der Waals surface area contributed by atoms with Crippen LogP contribution in [0, 0.1) is 6.92 Å². The van der Waals surface area contributed by atoms with E-state index in [4.69, 9.17) is 14.0 Å². The van der Waals surface area contributed by atoms with Gasteiger partial charge in [0.05, 0.1) is 11.4 Å². The SMILES string of the molecule is Cc1noc(C(C)C)c1C(=O)Nc1cc2c(cc1Br)OCCO2. The van der Waals surface area contributed by atoms with Crippen LogP contribution in [0.15, 0.2) is 21.1 Å². The van der Waals surface area contributed by atoms with Gasteiger partial charge < -0.3 is 19.3 Å². The first-order valence-corrected chi connectivity index (χ1v) is 8.13. The molecule has 1 N–H and O–H groups in total. The molecule has 1 aromatic carbocycles. The number of nitrogens with zero attached hydrogens (tertiary/aromatic N) is 1. The highest BCUT2D eigenvalue weighted by atomic mass is 79.9. The lowest BCUT2D eigenvalue weighted by molar-refractivity contribution is 0.102. The third kappa shape index (κ3) is 3.06. The normalized spacial score (nSPS) is 13.3. The van der Waals surface area contributed by atoms with Crippen molar-refractivity contribution < 1.29 is 18.8 Å². The van der Waals surface area contributed by atoms with Gasteiger partial charge in [-0.1, -0.05) is 19.0 Å². The van der Waals surface area contributed by atoms with Crippen LogP contribution in [0.5, 0.6) is 11.5 Å². The number of rotatable bonds is 3. The largest absolute Gasteiger partial charge is 0.486 e. The second-order valence-electron chi connectivity index (χ2n) is 5.59. The number of hydrogen-bond donors (Lipinski definition) is 1. The minimum absolute atomic E-state index is 0.0701. The van der Waals surface area contributed by atoms with Crippen LogP contribution in [0.1, 0.15) is 41.6 Å². The third-order valence-electron chi connectivity index (χ3n) is 3.52. The van der Waals surface area contributed by atoms with Crippen molar-refractivity contribution >= 4 is 27.5 Å². The number of anilines is 1. The molecule has 2 aromatic rings. The number of fused-ring (bicyclic) bond motifs is 1. The Labute approximate surface area is 142 Å². The molecule has 0 unspecified atom stereocenters. The molecule has 7 heteroatoms. The Morgan fingerprint density at radius 3 is 2.57 bits per heavy atom. The van der Waals surface area contributed by atoms with E-state index in [-0.39, 0.29) is 11.8 Å². The molecule has 23 heavy (non-hydrogen) atoms. The number of hydrogen-bond acceptors (Lipinski definition) is 5. The van der Waals surface area contributed by atoms with Gasteiger partial charge in [-0.25, -0.2) is 0 Å². The van der Waals surface area contributed by atoms with Crippen molar-refractivity contribution in [3.05, 3.63) is 33.6 Å². The van der Waals surface area contributed by atoms with E-state index in [0.717, 1.165) is 4.47 Å². The Morgan fingerprint density at radius 2 is 1.91 bits per heavy atom. The van der Waals surface area contributed by atoms with Crippen molar-refractivity contribution in [3.63, 3.8) is 0 Å². The first-order valence-electron chi connectivity index (χ1n) is 7.34. The second kappa shape index (κ2) is 6.23. The quantitative estimate of drug-likeness (QED) is 0.873. The van der Waals surface area contributed by atoms with Crippen LogP contribution in [0.25, 0.3) is 0 Å². The average molecular weight is 381 g/mol. The molecule has 122 valence electrons. The van der Waals surface area contributed by atoms with Gasteiger partial charge in [-0.15, -0.1) is 0 Å². The monoisotopic (exact) mass is 380 g/mol. The number of benzene rings is 1. The summed E-state index contributed by atoms with van der Waals surface area (Å²) in [5.74, 6) is 1.66. The van der Waals surface area contributed by atoms with Crippen LogP contribution in [0.4, 0.5) is 5.69 Å². The lowest BCUT2D eigenvalue weighted by atomic mass is 10.0. The lowest BCUT2D eigenvalue weighted by Gasteiger charge is -2.20. The summed E-state index contributed by atoms with van der Waals surface area (Å²) in [6, 6.07) is 3.53. The zero-order chi connectivity index (χ0) is 16.6. The fourth-order valence-electron chi connectivity index (χ4n) is 2.40. The first-order chi connectivity index (χ1) is 11.0. The van der Waals surface area contributed by atoms with Gasteiger partial charge in [-0.3, -0.25) is 4.79 Å². The Bertz CT molecular complexity index is 755. The van der Waals surface area contributed by atoms with Crippen LogP contribution in [0.3, 0.4) is 0 Å². The van der Waals surface area contributed by atoms with Crippen LogP contribution < -0.4 is 14.8 Å². The van der Waals surface area contributed by atoms with E-state index in [0.29, 0.717) is 47.4 Å². The number of carbonyl (C=O) groups excluding carboxylic acids is 1. The molecule has 1 aliphatic rings. The highest BCUT2D eigenvalue weighted by Crippen LogP contribution is 2.38. The number of aromatic nitrogens is 1. The van der Waals surface area contributed by atoms with Crippen molar-refractivity contribution in [2.75, 3.05) is 18.5 Å². The summed E-state index contributed by atoms with van der Waals surface area (Å²) >= 11 is 3.44. The number of nitrogens with one attached hydrogen (secondary N) is 1. The number of amides is 1. The molecule has 0 atom stereocenters. The van der Waals surface area contributed by atoms with Crippen LogP contribution in [-0.2, 0) is 0 Å². The smallest absolute Gasteiger partial charge is 0.261 e. The fraction of sp³-hybridized carbons (Fsp3) is 0.375. The summed E-state index contributed by atoms with van der Waals surface area (Å²) in [5, 5.41) is 6.78. The summed E-state index contributed by atoms with van der Waals surface area (Å²) in [4.78, 5) is 12.6. The van der Waals surface area contributed by atoms with Gasteiger partial charge in [-0.05, 0) is 22.9 Å². The van der Waals surface area contributed by atoms with E-state index in [2.05, 4.69) is 26.4 Å². The summed E-state index contributed by atoms with van der Waals surface area (Å²) < 4.78 is 17.0. The highest BCUT2D eigenvalue weighted by molar-refractivity contribution is 9.10. The molecule has 1 aromatic heterocycles. The third-order valence-corrected chi connectivity index (χ3v) is 4.18. The average Bonchev–Trinajstić information content (AvgIpc) is 2.90. The Balaban J connectivity index is 1.90.